The Bertz CT molecular complexity index is 15.2. The minimum absolute atomic E-state index is 0. The molecule has 0 aromatic carbocycles. The third-order valence-electron chi connectivity index (χ3n) is 0. The smallest absolute Gasteiger partial charge is 0.870 e. The summed E-state index contributed by atoms with van der Waals surface area (Å²) in [6.45, 7) is 0. The molecule has 14 heavy (non-hydrogen) atoms. The monoisotopic (exact) mass is 468 g/mol. The molecule has 0 aliphatic carbocycles. The van der Waals surface area contributed by atoms with Gasteiger partial charge in [0.25, 0.3) is 0 Å². The van der Waals surface area contributed by atoms with Gasteiger partial charge in [0.15, 0.2) is 0 Å². The molecule has 0 heterocycles. The molecule has 11 nitrogen and oxygen atoms in total. The Labute approximate surface area is 123 Å². The van der Waals surface area contributed by atoms with Gasteiger partial charge in [-0.1, -0.05) is 0 Å². The van der Waals surface area contributed by atoms with Gasteiger partial charge in [-0.15, -0.1) is 0 Å². The summed E-state index contributed by atoms with van der Waals surface area (Å²) in [6, 6.07) is 0. The second-order valence-electron chi connectivity index (χ2n) is 0. The van der Waals surface area contributed by atoms with Crippen LogP contribution >= 0.6 is 0 Å². The van der Waals surface area contributed by atoms with Crippen molar-refractivity contribution in [3.05, 3.63) is 0 Å². The molecule has 0 aromatic heterocycles. The summed E-state index contributed by atoms with van der Waals surface area (Å²) in [6.07, 6.45) is 0. The molecule has 0 aromatic rings. The van der Waals surface area contributed by atoms with E-state index >= 15 is 0 Å². The molecule has 0 unspecified atom stereocenters. The molecule has 0 saturated heterocycles. The van der Waals surface area contributed by atoms with E-state index in [1.807, 2.05) is 0 Å². The number of hydrogen-bond acceptors (Lipinski definition) is 11. The summed E-state index contributed by atoms with van der Waals surface area (Å²) in [7, 11) is 0. The summed E-state index contributed by atoms with van der Waals surface area (Å²) in [5, 5.41) is 0. The van der Waals surface area contributed by atoms with Crippen LogP contribution in [0.5, 0.6) is 0 Å². The van der Waals surface area contributed by atoms with Crippen molar-refractivity contribution in [2.75, 3.05) is 0 Å². The van der Waals surface area contributed by atoms with Crippen LogP contribution < -0.4 is 18.9 Å². The molecular formula is H11LiNbO11Ta. The van der Waals surface area contributed by atoms with Crippen molar-refractivity contribution in [2.45, 2.75) is 0 Å². The van der Waals surface area contributed by atoms with E-state index in [1.54, 1.807) is 0 Å². The summed E-state index contributed by atoms with van der Waals surface area (Å²) < 4.78 is 0. The van der Waals surface area contributed by atoms with Crippen LogP contribution in [0, 0.1) is 0 Å². The first-order valence-electron chi connectivity index (χ1n) is 0. The summed E-state index contributed by atoms with van der Waals surface area (Å²) in [4.78, 5) is 0. The molecule has 14 heteroatoms. The zero-order chi connectivity index (χ0) is 0. The fourth-order valence-electron chi connectivity index (χ4n) is 0. The van der Waals surface area contributed by atoms with E-state index in [0.29, 0.717) is 0 Å². The van der Waals surface area contributed by atoms with Gasteiger partial charge in [0, 0.05) is 0 Å². The molecule has 88 valence electrons. The Morgan fingerprint density at radius 3 is 0.286 bits per heavy atom. The first kappa shape index (κ1) is 1250. The maximum absolute atomic E-state index is 0. The normalized spacial score (nSPS) is 0. The van der Waals surface area contributed by atoms with Gasteiger partial charge in [-0.05, 0) is 0 Å². The van der Waals surface area contributed by atoms with Crippen LogP contribution in [-0.4, -0.2) is 60.2 Å². The predicted molar refractivity (Wildman–Crippen MR) is 21.3 cm³/mol. The van der Waals surface area contributed by atoms with Crippen LogP contribution in [0.2, 0.25) is 0 Å². The van der Waals surface area contributed by atoms with Crippen molar-refractivity contribution in [1.29, 1.82) is 0 Å². The Kier molecular flexibility index (Phi) is 90500. The molecular weight excluding hydrogens is 457 g/mol. The van der Waals surface area contributed by atoms with E-state index in [-0.39, 0.29) is 124 Å². The second-order valence-corrected chi connectivity index (χ2v) is 0. The summed E-state index contributed by atoms with van der Waals surface area (Å²) >= 11 is 0. The molecule has 0 fully saturated rings. The van der Waals surface area contributed by atoms with E-state index in [2.05, 4.69) is 0 Å². The van der Waals surface area contributed by atoms with Gasteiger partial charge < -0.3 is 60.2 Å². The second kappa shape index (κ2) is 1010. The van der Waals surface area contributed by atoms with Crippen molar-refractivity contribution in [1.82, 2.24) is 0 Å². The third kappa shape index (κ3) is 812. The van der Waals surface area contributed by atoms with Gasteiger partial charge in [0.1, 0.15) is 0 Å². The van der Waals surface area contributed by atoms with Crippen LogP contribution in [0.3, 0.4) is 0 Å². The van der Waals surface area contributed by atoms with Gasteiger partial charge in [-0.25, -0.2) is 0 Å². The Hall–Kier alpha value is 1.64. The van der Waals surface area contributed by atoms with E-state index < -0.39 is 0 Å². The molecule has 0 aliphatic rings. The average molecular weight is 468 g/mol. The maximum atomic E-state index is 0. The van der Waals surface area contributed by atoms with Gasteiger partial charge in [-0.2, -0.15) is 0 Å². The van der Waals surface area contributed by atoms with E-state index in [9.17, 15) is 0 Å². The topological polar surface area (TPSA) is 330 Å². The number of hydrogen-bond donors (Lipinski definition) is 0. The third-order valence-corrected chi connectivity index (χ3v) is 0. The molecule has 0 amide bonds. The zero-order valence-corrected chi connectivity index (χ0v) is 12.2. The van der Waals surface area contributed by atoms with Crippen LogP contribution in [0.15, 0.2) is 0 Å². The fraction of sp³-hybridized carbons (Fsp3) is 0. The van der Waals surface area contributed by atoms with Crippen molar-refractivity contribution in [2.24, 2.45) is 0 Å². The average Bonchev–Trinajstić information content (AvgIpc) is 0. The van der Waals surface area contributed by atoms with Crippen LogP contribution in [0.4, 0.5) is 0 Å². The Morgan fingerprint density at radius 2 is 0.286 bits per heavy atom. The molecule has 0 atom stereocenters. The van der Waals surface area contributed by atoms with Gasteiger partial charge in [0.05, 0.1) is 0 Å². The van der Waals surface area contributed by atoms with Crippen molar-refractivity contribution >= 4 is 0 Å². The molecule has 0 rings (SSSR count). The molecule has 0 spiro atoms. The van der Waals surface area contributed by atoms with E-state index in [4.69, 9.17) is 0 Å². The van der Waals surface area contributed by atoms with Crippen molar-refractivity contribution in [3.63, 3.8) is 0 Å². The Balaban J connectivity index is 0. The molecule has 0 aliphatic heterocycles. The van der Waals surface area contributed by atoms with E-state index in [1.165, 1.54) is 0 Å². The van der Waals surface area contributed by atoms with Gasteiger partial charge >= 0.3 is 63.6 Å². The minimum Gasteiger partial charge on any atom is -0.870 e. The van der Waals surface area contributed by atoms with Crippen LogP contribution in [-0.2, 0) is 44.8 Å². The molecule has 0 radical (unpaired) electrons. The van der Waals surface area contributed by atoms with Crippen molar-refractivity contribution in [3.8, 4) is 0 Å². The Morgan fingerprint density at radius 1 is 0.286 bits per heavy atom. The standard InChI is InChI=1S/Li.Nb.11H2O.Ta/h;;11*1H2;/q+1;+5;;;;;;;;;;;;+5/p-11. The first-order valence-corrected chi connectivity index (χ1v) is 0. The molecule has 11 N–H and O–H groups in total. The first-order chi connectivity index (χ1) is 0. The van der Waals surface area contributed by atoms with Crippen LogP contribution in [0.1, 0.15) is 0 Å². The van der Waals surface area contributed by atoms with Gasteiger partial charge in [0.2, 0.25) is 0 Å². The SMILES string of the molecule is [Li+].[Nb+5].[OH-].[OH-].[OH-].[OH-].[OH-].[OH-].[OH-].[OH-].[OH-].[OH-].[OH-].[Ta+5]. The molecule has 0 bridgehead atoms. The van der Waals surface area contributed by atoms with Gasteiger partial charge in [-0.3, -0.25) is 0 Å². The predicted octanol–water partition coefficient (Wildman–Crippen LogP) is -4.95. The quantitative estimate of drug-likeness (QED) is 0.303. The fourth-order valence-corrected chi connectivity index (χ4v) is 0. The van der Waals surface area contributed by atoms with Crippen LogP contribution in [0.25, 0.3) is 0 Å². The number of rotatable bonds is 0. The largest absolute Gasteiger partial charge is 5.00 e. The summed E-state index contributed by atoms with van der Waals surface area (Å²) in [5.41, 5.74) is 0. The zero-order valence-electron chi connectivity index (χ0n) is 6.81. The molecule has 0 saturated carbocycles. The summed E-state index contributed by atoms with van der Waals surface area (Å²) in [5.74, 6) is 0. The minimum atomic E-state index is 0. The van der Waals surface area contributed by atoms with E-state index in [0.717, 1.165) is 0 Å². The van der Waals surface area contributed by atoms with Crippen molar-refractivity contribution < 1.29 is 124 Å². The maximum Gasteiger partial charge on any atom is 5.00 e.